The highest BCUT2D eigenvalue weighted by Gasteiger charge is 2.26. The third-order valence-electron chi connectivity index (χ3n) is 3.73. The second kappa shape index (κ2) is 10.9. The predicted octanol–water partition coefficient (Wildman–Crippen LogP) is 1.73. The summed E-state index contributed by atoms with van der Waals surface area (Å²) in [4.78, 5) is 22.9. The van der Waals surface area contributed by atoms with Crippen molar-refractivity contribution < 1.29 is 33.3 Å². The number of carbonyl (C=O) groups is 2. The van der Waals surface area contributed by atoms with Gasteiger partial charge < -0.3 is 23.7 Å². The lowest BCUT2D eigenvalue weighted by atomic mass is 9.94. The molecule has 0 aliphatic carbocycles. The molecule has 0 amide bonds. The minimum atomic E-state index is -0.620. The minimum absolute atomic E-state index is 0.0912. The van der Waals surface area contributed by atoms with E-state index in [2.05, 4.69) is 0 Å². The Kier molecular flexibility index (Phi) is 8.53. The number of rotatable bonds is 4. The van der Waals surface area contributed by atoms with Crippen LogP contribution >= 0.6 is 0 Å². The number of esters is 2. The van der Waals surface area contributed by atoms with Crippen LogP contribution in [0.5, 0.6) is 0 Å². The highest BCUT2D eigenvalue weighted by molar-refractivity contribution is 5.91. The van der Waals surface area contributed by atoms with E-state index in [-0.39, 0.29) is 31.8 Å². The van der Waals surface area contributed by atoms with E-state index in [4.69, 9.17) is 23.7 Å². The Bertz CT molecular complexity index is 534. The fraction of sp³-hybridized carbons (Fsp3) is 0.579. The first-order chi connectivity index (χ1) is 12.6. The van der Waals surface area contributed by atoms with Gasteiger partial charge in [-0.1, -0.05) is 37.3 Å². The molecular weight excluding hydrogens is 340 g/mol. The summed E-state index contributed by atoms with van der Waals surface area (Å²) in [7, 11) is 0. The third-order valence-corrected chi connectivity index (χ3v) is 3.73. The summed E-state index contributed by atoms with van der Waals surface area (Å²) >= 11 is 0. The van der Waals surface area contributed by atoms with Gasteiger partial charge in [0.25, 0.3) is 0 Å². The molecule has 1 saturated heterocycles. The van der Waals surface area contributed by atoms with Crippen LogP contribution in [0.4, 0.5) is 0 Å². The molecule has 0 radical (unpaired) electrons. The lowest BCUT2D eigenvalue weighted by Crippen LogP contribution is -2.35. The molecule has 7 heteroatoms. The molecule has 0 spiro atoms. The van der Waals surface area contributed by atoms with E-state index in [9.17, 15) is 9.59 Å². The van der Waals surface area contributed by atoms with E-state index in [0.717, 1.165) is 5.56 Å². The first kappa shape index (κ1) is 20.4. The topological polar surface area (TPSA) is 80.3 Å². The fourth-order valence-electron chi connectivity index (χ4n) is 2.40. The number of ether oxygens (including phenoxy) is 5. The smallest absolute Gasteiger partial charge is 0.317 e. The number of cyclic esters (lactones) is 2. The van der Waals surface area contributed by atoms with Crippen LogP contribution in [0.2, 0.25) is 0 Å². The Morgan fingerprint density at radius 2 is 1.50 bits per heavy atom. The first-order valence-corrected chi connectivity index (χ1v) is 8.66. The predicted molar refractivity (Wildman–Crippen MR) is 92.4 cm³/mol. The van der Waals surface area contributed by atoms with Crippen molar-refractivity contribution in [3.63, 3.8) is 0 Å². The van der Waals surface area contributed by atoms with E-state index in [1.54, 1.807) is 0 Å². The SMILES string of the molecule is CC1(COCc2ccccc2)COCCOC(=O)CC(=O)OCCOC1. The van der Waals surface area contributed by atoms with Crippen LogP contribution in [0, 0.1) is 5.41 Å². The molecule has 0 unspecified atom stereocenters. The Balaban J connectivity index is 1.83. The van der Waals surface area contributed by atoms with Gasteiger partial charge in [0.1, 0.15) is 19.6 Å². The van der Waals surface area contributed by atoms with Gasteiger partial charge in [-0.2, -0.15) is 0 Å². The van der Waals surface area contributed by atoms with E-state index < -0.39 is 18.4 Å². The van der Waals surface area contributed by atoms with E-state index in [0.29, 0.717) is 26.4 Å². The maximum Gasteiger partial charge on any atom is 0.317 e. The van der Waals surface area contributed by atoms with Crippen LogP contribution in [-0.2, 0) is 39.9 Å². The fourth-order valence-corrected chi connectivity index (χ4v) is 2.40. The second-order valence-electron chi connectivity index (χ2n) is 6.51. The lowest BCUT2D eigenvalue weighted by Gasteiger charge is -2.29. The molecule has 1 heterocycles. The summed E-state index contributed by atoms with van der Waals surface area (Å²) in [6, 6.07) is 9.91. The molecule has 1 aromatic carbocycles. The largest absolute Gasteiger partial charge is 0.463 e. The standard InChI is InChI=1S/C19H26O7/c1-19(15-24-12-16-5-3-2-4-6-16)13-22-7-9-25-17(20)11-18(21)26-10-8-23-14-19/h2-6H,7-15H2,1H3. The quantitative estimate of drug-likeness (QED) is 0.593. The summed E-state index contributed by atoms with van der Waals surface area (Å²) in [5.41, 5.74) is 0.727. The summed E-state index contributed by atoms with van der Waals surface area (Å²) in [5.74, 6) is -1.24. The average Bonchev–Trinajstić information content (AvgIpc) is 2.61. The summed E-state index contributed by atoms with van der Waals surface area (Å²) < 4.78 is 26.9. The molecule has 2 rings (SSSR count). The van der Waals surface area contributed by atoms with Crippen LogP contribution < -0.4 is 0 Å². The molecule has 0 saturated carbocycles. The summed E-state index contributed by atoms with van der Waals surface area (Å²) in [6.45, 7) is 4.43. The van der Waals surface area contributed by atoms with Crippen molar-refractivity contribution in [2.24, 2.45) is 5.41 Å². The van der Waals surface area contributed by atoms with Gasteiger partial charge in [0.2, 0.25) is 0 Å². The van der Waals surface area contributed by atoms with Gasteiger partial charge in [-0.05, 0) is 5.56 Å². The maximum absolute atomic E-state index is 11.4. The monoisotopic (exact) mass is 366 g/mol. The van der Waals surface area contributed by atoms with Crippen molar-refractivity contribution in [2.45, 2.75) is 20.0 Å². The molecule has 144 valence electrons. The molecule has 1 aliphatic heterocycles. The van der Waals surface area contributed by atoms with Gasteiger partial charge >= 0.3 is 11.9 Å². The zero-order chi connectivity index (χ0) is 18.7. The Labute approximate surface area is 153 Å². The summed E-state index contributed by atoms with van der Waals surface area (Å²) in [6.07, 6.45) is -0.398. The number of benzene rings is 1. The number of hydrogen-bond acceptors (Lipinski definition) is 7. The highest BCUT2D eigenvalue weighted by atomic mass is 16.6. The Hall–Kier alpha value is -1.96. The van der Waals surface area contributed by atoms with Crippen molar-refractivity contribution >= 4 is 11.9 Å². The minimum Gasteiger partial charge on any atom is -0.463 e. The summed E-state index contributed by atoms with van der Waals surface area (Å²) in [5, 5.41) is 0. The van der Waals surface area contributed by atoms with Gasteiger partial charge in [0.15, 0.2) is 0 Å². The van der Waals surface area contributed by atoms with Crippen LogP contribution in [0.25, 0.3) is 0 Å². The zero-order valence-electron chi connectivity index (χ0n) is 15.1. The molecule has 0 atom stereocenters. The molecule has 26 heavy (non-hydrogen) atoms. The number of carbonyl (C=O) groups excluding carboxylic acids is 2. The zero-order valence-corrected chi connectivity index (χ0v) is 15.1. The molecule has 1 fully saturated rings. The van der Waals surface area contributed by atoms with Crippen LogP contribution in [0.3, 0.4) is 0 Å². The average molecular weight is 366 g/mol. The van der Waals surface area contributed by atoms with Gasteiger partial charge in [-0.3, -0.25) is 9.59 Å². The molecule has 0 bridgehead atoms. The van der Waals surface area contributed by atoms with Crippen molar-refractivity contribution in [3.05, 3.63) is 35.9 Å². The van der Waals surface area contributed by atoms with Gasteiger partial charge in [-0.25, -0.2) is 0 Å². The van der Waals surface area contributed by atoms with Crippen molar-refractivity contribution in [3.8, 4) is 0 Å². The molecular formula is C19H26O7. The second-order valence-corrected chi connectivity index (χ2v) is 6.51. The maximum atomic E-state index is 11.4. The highest BCUT2D eigenvalue weighted by Crippen LogP contribution is 2.19. The third kappa shape index (κ3) is 7.95. The van der Waals surface area contributed by atoms with E-state index >= 15 is 0 Å². The van der Waals surface area contributed by atoms with Crippen molar-refractivity contribution in [1.29, 1.82) is 0 Å². The molecule has 7 nitrogen and oxygen atoms in total. The van der Waals surface area contributed by atoms with Crippen molar-refractivity contribution in [2.75, 3.05) is 46.2 Å². The van der Waals surface area contributed by atoms with Gasteiger partial charge in [0.05, 0.1) is 39.6 Å². The lowest BCUT2D eigenvalue weighted by molar-refractivity contribution is -0.158. The number of hydrogen-bond donors (Lipinski definition) is 0. The van der Waals surface area contributed by atoms with Crippen LogP contribution in [-0.4, -0.2) is 58.2 Å². The van der Waals surface area contributed by atoms with Gasteiger partial charge in [0, 0.05) is 5.41 Å². The molecule has 0 aromatic heterocycles. The Morgan fingerprint density at radius 3 is 2.08 bits per heavy atom. The Morgan fingerprint density at radius 1 is 0.923 bits per heavy atom. The van der Waals surface area contributed by atoms with Crippen LogP contribution in [0.15, 0.2) is 30.3 Å². The molecule has 1 aliphatic rings. The van der Waals surface area contributed by atoms with Gasteiger partial charge in [-0.15, -0.1) is 0 Å². The van der Waals surface area contributed by atoms with Crippen molar-refractivity contribution in [1.82, 2.24) is 0 Å². The molecule has 0 N–H and O–H groups in total. The molecule has 1 aromatic rings. The van der Waals surface area contributed by atoms with E-state index in [1.165, 1.54) is 0 Å². The van der Waals surface area contributed by atoms with Crippen LogP contribution in [0.1, 0.15) is 18.9 Å². The first-order valence-electron chi connectivity index (χ1n) is 8.66. The normalized spacial score (nSPS) is 19.9. The van der Waals surface area contributed by atoms with E-state index in [1.807, 2.05) is 37.3 Å².